The Hall–Kier alpha value is 0.560. The van der Waals surface area contributed by atoms with Gasteiger partial charge in [-0.1, -0.05) is 12.1 Å². The van der Waals surface area contributed by atoms with Crippen molar-refractivity contribution in [3.8, 4) is 5.75 Å². The van der Waals surface area contributed by atoms with Gasteiger partial charge in [0.15, 0.2) is 0 Å². The van der Waals surface area contributed by atoms with Gasteiger partial charge in [0.2, 0.25) is 0 Å². The van der Waals surface area contributed by atoms with Gasteiger partial charge in [-0.15, -0.1) is 0 Å². The van der Waals surface area contributed by atoms with Gasteiger partial charge in [-0.25, -0.2) is 0 Å². The van der Waals surface area contributed by atoms with E-state index in [1.165, 1.54) is 12.1 Å². The van der Waals surface area contributed by atoms with Crippen LogP contribution in [0, 0.1) is 0 Å². The number of hydrogen-bond donors (Lipinski definition) is 4. The molecule has 1 aromatic carbocycles. The molecule has 0 saturated carbocycles. The van der Waals surface area contributed by atoms with Crippen LogP contribution in [-0.2, 0) is 15.8 Å². The number of phenolic OH excluding ortho intramolecular Hbond substituents is 1. The zero-order valence-corrected chi connectivity index (χ0v) is 16.0. The maximum absolute atomic E-state index is 10.3. The number of nitrogens with two attached hydrogens (primary N) is 1. The second kappa shape index (κ2) is 12.1. The summed E-state index contributed by atoms with van der Waals surface area (Å²) in [6.07, 6.45) is 0.211. The monoisotopic (exact) mass is 323 g/mol. The molecule has 0 aromatic heterocycles. The summed E-state index contributed by atoms with van der Waals surface area (Å²) in [6.45, 7) is 0. The fourth-order valence-corrected chi connectivity index (χ4v) is 0.969. The number of hydrogen-bond acceptors (Lipinski definition) is 6. The molecule has 0 fully saturated rings. The molecule has 0 amide bonds. The second-order valence-corrected chi connectivity index (χ2v) is 4.27. The maximum atomic E-state index is 10.3. The smallest absolute Gasteiger partial charge is 0.756 e. The fourth-order valence-electron chi connectivity index (χ4n) is 0.969. The van der Waals surface area contributed by atoms with Gasteiger partial charge in [0.1, 0.15) is 5.75 Å². The van der Waals surface area contributed by atoms with E-state index in [0.717, 1.165) is 5.56 Å². The molecule has 1 atom stereocenters. The molecule has 0 saturated heterocycles. The molecule has 1 aromatic rings. The van der Waals surface area contributed by atoms with Crippen LogP contribution in [0.25, 0.3) is 0 Å². The zero-order chi connectivity index (χ0) is 14.3. The van der Waals surface area contributed by atoms with Crippen molar-refractivity contribution in [3.63, 3.8) is 0 Å². The number of phosphoric acid groups is 1. The molecule has 0 heterocycles. The maximum Gasteiger partial charge on any atom is 1.00 e. The van der Waals surface area contributed by atoms with Gasteiger partial charge in [-0.05, 0) is 24.1 Å². The number of benzene rings is 1. The number of carboxylic acids is 1. The van der Waals surface area contributed by atoms with Crippen LogP contribution in [0.2, 0.25) is 0 Å². The Morgan fingerprint density at radius 1 is 1.25 bits per heavy atom. The first kappa shape index (κ1) is 25.5. The molecule has 0 aliphatic rings. The number of carbonyl (C=O) groups is 1. The van der Waals surface area contributed by atoms with Crippen LogP contribution in [0.3, 0.4) is 0 Å². The fraction of sp³-hybridized carbons (Fsp3) is 0.222. The van der Waals surface area contributed by atoms with Crippen molar-refractivity contribution in [1.82, 2.24) is 0 Å². The summed E-state index contributed by atoms with van der Waals surface area (Å²) in [7, 11) is -4.89. The largest absolute Gasteiger partial charge is 1.00 e. The minimum atomic E-state index is -4.89. The Labute approximate surface area is 159 Å². The summed E-state index contributed by atoms with van der Waals surface area (Å²) in [4.78, 5) is 33.2. The Bertz CT molecular complexity index is 428. The predicted molar refractivity (Wildman–Crippen MR) is 56.8 cm³/mol. The first-order chi connectivity index (χ1) is 8.09. The van der Waals surface area contributed by atoms with E-state index in [-0.39, 0.29) is 71.3 Å². The van der Waals surface area contributed by atoms with Gasteiger partial charge >= 0.3 is 59.1 Å². The van der Waals surface area contributed by atoms with Gasteiger partial charge in [-0.2, -0.15) is 0 Å². The number of carboxylic acid groups (broad SMARTS) is 1. The predicted octanol–water partition coefficient (Wildman–Crippen LogP) is -8.54. The molecule has 0 spiro atoms. The molecule has 0 bridgehead atoms. The van der Waals surface area contributed by atoms with Crippen LogP contribution < -0.4 is 74.8 Å². The second-order valence-electron chi connectivity index (χ2n) is 3.29. The Morgan fingerprint density at radius 3 is 1.90 bits per heavy atom. The molecule has 102 valence electrons. The normalized spacial score (nSPS) is 11.0. The van der Waals surface area contributed by atoms with Crippen molar-refractivity contribution in [3.05, 3.63) is 29.8 Å². The third-order valence-corrected chi connectivity index (χ3v) is 1.69. The molecule has 0 aliphatic heterocycles. The van der Waals surface area contributed by atoms with E-state index in [9.17, 15) is 9.90 Å². The van der Waals surface area contributed by atoms with Gasteiger partial charge in [-0.3, -0.25) is 4.57 Å². The Morgan fingerprint density at radius 2 is 1.60 bits per heavy atom. The summed E-state index contributed by atoms with van der Waals surface area (Å²) in [5, 5.41) is 19.2. The minimum absolute atomic E-state index is 0. The molecule has 1 rings (SSSR count). The van der Waals surface area contributed by atoms with E-state index in [1.54, 1.807) is 12.1 Å². The van der Waals surface area contributed by atoms with Crippen molar-refractivity contribution in [1.29, 1.82) is 0 Å². The summed E-state index contributed by atoms with van der Waals surface area (Å²) in [6, 6.07) is 5.22. The number of phenols is 1. The molecule has 11 heteroatoms. The molecule has 5 N–H and O–H groups in total. The molecule has 20 heavy (non-hydrogen) atoms. The molecular weight excluding hydrogens is 311 g/mol. The van der Waals surface area contributed by atoms with Crippen LogP contribution in [0.4, 0.5) is 0 Å². The first-order valence-electron chi connectivity index (χ1n) is 4.60. The van der Waals surface area contributed by atoms with Crippen LogP contribution in [0.5, 0.6) is 5.75 Å². The van der Waals surface area contributed by atoms with Crippen molar-refractivity contribution in [2.24, 2.45) is 5.73 Å². The molecule has 0 aliphatic carbocycles. The van der Waals surface area contributed by atoms with E-state index in [2.05, 4.69) is 0 Å². The van der Waals surface area contributed by atoms with Gasteiger partial charge < -0.3 is 35.4 Å². The van der Waals surface area contributed by atoms with Crippen LogP contribution >= 0.6 is 7.82 Å². The van der Waals surface area contributed by atoms with Gasteiger partial charge in [0, 0.05) is 6.04 Å². The summed E-state index contributed by atoms with van der Waals surface area (Å²) < 4.78 is 8.77. The number of rotatable bonds is 3. The average molecular weight is 323 g/mol. The van der Waals surface area contributed by atoms with Crippen LogP contribution in [0.1, 0.15) is 5.56 Å². The van der Waals surface area contributed by atoms with Crippen LogP contribution in [0.15, 0.2) is 24.3 Å². The SMILES string of the molecule is N[C@@H](Cc1ccc(O)cc1)C(=O)[O-].O=P([O-])(O)O.[Na+].[Na+]. The van der Waals surface area contributed by atoms with Gasteiger partial charge in [0.05, 0.1) is 5.97 Å². The minimum Gasteiger partial charge on any atom is -0.756 e. The van der Waals surface area contributed by atoms with Crippen molar-refractivity contribution in [2.75, 3.05) is 0 Å². The third kappa shape index (κ3) is 16.6. The van der Waals surface area contributed by atoms with Gasteiger partial charge in [0.25, 0.3) is 7.82 Å². The average Bonchev–Trinajstić information content (AvgIpc) is 2.18. The van der Waals surface area contributed by atoms with E-state index < -0.39 is 19.8 Å². The Kier molecular flexibility index (Phi) is 15.5. The van der Waals surface area contributed by atoms with E-state index in [1.807, 2.05) is 0 Å². The zero-order valence-electron chi connectivity index (χ0n) is 11.1. The number of aromatic hydroxyl groups is 1. The molecule has 8 nitrogen and oxygen atoms in total. The summed E-state index contributed by atoms with van der Waals surface area (Å²) >= 11 is 0. The number of aliphatic carboxylic acids is 1. The van der Waals surface area contributed by atoms with Crippen molar-refractivity contribution >= 4 is 13.8 Å². The van der Waals surface area contributed by atoms with Crippen LogP contribution in [-0.4, -0.2) is 26.9 Å². The van der Waals surface area contributed by atoms with E-state index in [0.29, 0.717) is 0 Å². The first-order valence-corrected chi connectivity index (χ1v) is 6.13. The third-order valence-electron chi connectivity index (χ3n) is 1.69. The summed E-state index contributed by atoms with van der Waals surface area (Å²) in [5.41, 5.74) is 6.02. The molecule has 0 radical (unpaired) electrons. The van der Waals surface area contributed by atoms with E-state index >= 15 is 0 Å². The standard InChI is InChI=1S/C9H11NO3.2Na.H3O4P/c10-8(9(12)13)5-6-1-3-7(11)4-2-6;;;1-5(2,3)4/h1-4,8,11H,5,10H2,(H,12,13);;;(H3,1,2,3,4)/q;2*+1;/p-2/t8-;;;/m0.../s1. The van der Waals surface area contributed by atoms with Crippen molar-refractivity contribution < 1.29 is 93.4 Å². The molecular formula is C9H12NNa2O7P. The quantitative estimate of drug-likeness (QED) is 0.314. The summed E-state index contributed by atoms with van der Waals surface area (Å²) in [5.74, 6) is -1.13. The van der Waals surface area contributed by atoms with Crippen molar-refractivity contribution in [2.45, 2.75) is 12.5 Å². The molecule has 0 unspecified atom stereocenters. The number of carbonyl (C=O) groups excluding carboxylic acids is 1. The van der Waals surface area contributed by atoms with E-state index in [4.69, 9.17) is 30.1 Å². The topological polar surface area (TPSA) is 167 Å². The Balaban J connectivity index is -0.000000361.